The fraction of sp³-hybridized carbons (Fsp3) is 0.357. The van der Waals surface area contributed by atoms with E-state index in [0.29, 0.717) is 18.6 Å². The van der Waals surface area contributed by atoms with Crippen LogP contribution < -0.4 is 0 Å². The van der Waals surface area contributed by atoms with Crippen LogP contribution in [0.1, 0.15) is 35.3 Å². The Balaban J connectivity index is 1.79. The zero-order chi connectivity index (χ0) is 13.7. The Labute approximate surface area is 112 Å². The summed E-state index contributed by atoms with van der Waals surface area (Å²) in [6.45, 7) is 4.36. The average molecular weight is 259 g/mol. The lowest BCUT2D eigenvalue weighted by atomic mass is 10.1. The minimum Gasteiger partial charge on any atom is -0.462 e. The normalized spacial score (nSPS) is 12.1. The zero-order valence-electron chi connectivity index (χ0n) is 11.1. The monoisotopic (exact) mass is 259 g/mol. The highest BCUT2D eigenvalue weighted by Gasteiger charge is 2.09. The number of carbonyl (C=O) groups excluding carboxylic acids is 1. The van der Waals surface area contributed by atoms with Crippen LogP contribution in [0, 0.1) is 6.92 Å². The first-order valence-corrected chi connectivity index (χ1v) is 6.24. The lowest BCUT2D eigenvalue weighted by Gasteiger charge is -2.11. The molecule has 2 aromatic rings. The molecule has 0 saturated heterocycles. The molecule has 1 heterocycles. The van der Waals surface area contributed by atoms with Gasteiger partial charge in [-0.3, -0.25) is 4.68 Å². The molecule has 2 rings (SSSR count). The van der Waals surface area contributed by atoms with Gasteiger partial charge in [0.1, 0.15) is 12.7 Å². The van der Waals surface area contributed by atoms with Crippen LogP contribution in [0.3, 0.4) is 0 Å². The molecular weight excluding hydrogens is 242 g/mol. The number of rotatable bonds is 5. The molecule has 0 aliphatic carbocycles. The van der Waals surface area contributed by atoms with Crippen LogP contribution in [0.4, 0.5) is 0 Å². The van der Waals surface area contributed by atoms with Crippen molar-refractivity contribution >= 4 is 5.97 Å². The molecule has 5 nitrogen and oxygen atoms in total. The maximum Gasteiger partial charge on any atom is 0.338 e. The fourth-order valence-electron chi connectivity index (χ4n) is 1.67. The molecule has 19 heavy (non-hydrogen) atoms. The summed E-state index contributed by atoms with van der Waals surface area (Å²) >= 11 is 0. The summed E-state index contributed by atoms with van der Waals surface area (Å²) in [5, 5.41) is 4.05. The summed E-state index contributed by atoms with van der Waals surface area (Å²) in [6.07, 6.45) is 3.86. The number of aromatic nitrogens is 3. The molecule has 0 unspecified atom stereocenters. The second kappa shape index (κ2) is 6.13. The van der Waals surface area contributed by atoms with Crippen LogP contribution in [-0.2, 0) is 4.74 Å². The summed E-state index contributed by atoms with van der Waals surface area (Å²) in [5.41, 5.74) is 1.70. The van der Waals surface area contributed by atoms with Crippen LogP contribution in [0.2, 0.25) is 0 Å². The van der Waals surface area contributed by atoms with Gasteiger partial charge in [0.15, 0.2) is 0 Å². The van der Waals surface area contributed by atoms with E-state index in [-0.39, 0.29) is 12.0 Å². The van der Waals surface area contributed by atoms with Crippen molar-refractivity contribution in [3.63, 3.8) is 0 Å². The highest BCUT2D eigenvalue weighted by atomic mass is 16.5. The third-order valence-corrected chi connectivity index (χ3v) is 2.94. The lowest BCUT2D eigenvalue weighted by Crippen LogP contribution is -2.12. The van der Waals surface area contributed by atoms with Gasteiger partial charge in [0.05, 0.1) is 18.2 Å². The quantitative estimate of drug-likeness (QED) is 0.774. The topological polar surface area (TPSA) is 57.0 Å². The molecule has 100 valence electrons. The summed E-state index contributed by atoms with van der Waals surface area (Å²) in [6, 6.07) is 7.51. The number of ether oxygens (including phenoxy) is 1. The van der Waals surface area contributed by atoms with Gasteiger partial charge in [-0.2, -0.15) is 5.10 Å². The van der Waals surface area contributed by atoms with Gasteiger partial charge in [-0.15, -0.1) is 0 Å². The van der Waals surface area contributed by atoms with E-state index in [1.165, 1.54) is 6.33 Å². The summed E-state index contributed by atoms with van der Waals surface area (Å²) in [5.74, 6) is -0.286. The van der Waals surface area contributed by atoms with Crippen LogP contribution >= 0.6 is 0 Å². The van der Waals surface area contributed by atoms with Gasteiger partial charge in [-0.1, -0.05) is 17.7 Å². The molecule has 1 aromatic carbocycles. The number of hydrogen-bond acceptors (Lipinski definition) is 4. The van der Waals surface area contributed by atoms with E-state index >= 15 is 0 Å². The smallest absolute Gasteiger partial charge is 0.338 e. The van der Waals surface area contributed by atoms with E-state index in [0.717, 1.165) is 5.56 Å². The lowest BCUT2D eigenvalue weighted by molar-refractivity contribution is 0.0485. The first kappa shape index (κ1) is 13.3. The molecule has 5 heteroatoms. The molecular formula is C14H17N3O2. The summed E-state index contributed by atoms with van der Waals surface area (Å²) < 4.78 is 6.99. The molecule has 0 spiro atoms. The Morgan fingerprint density at radius 2 is 2.11 bits per heavy atom. The number of benzene rings is 1. The Kier molecular flexibility index (Phi) is 4.28. The van der Waals surface area contributed by atoms with Crippen molar-refractivity contribution in [3.05, 3.63) is 48.0 Å². The molecule has 1 atom stereocenters. The second-order valence-corrected chi connectivity index (χ2v) is 4.52. The Morgan fingerprint density at radius 1 is 1.37 bits per heavy atom. The largest absolute Gasteiger partial charge is 0.462 e. The first-order valence-electron chi connectivity index (χ1n) is 6.24. The molecule has 1 aromatic heterocycles. The van der Waals surface area contributed by atoms with Gasteiger partial charge in [0.2, 0.25) is 0 Å². The minimum atomic E-state index is -0.286. The Morgan fingerprint density at radius 3 is 2.74 bits per heavy atom. The average Bonchev–Trinajstić information content (AvgIpc) is 2.93. The molecule has 0 saturated carbocycles. The van der Waals surface area contributed by atoms with Gasteiger partial charge in [-0.05, 0) is 26.0 Å². The Bertz CT molecular complexity index is 520. The first-order chi connectivity index (χ1) is 9.16. The van der Waals surface area contributed by atoms with Gasteiger partial charge >= 0.3 is 5.97 Å². The van der Waals surface area contributed by atoms with Crippen LogP contribution in [0.5, 0.6) is 0 Å². The third kappa shape index (κ3) is 3.64. The van der Waals surface area contributed by atoms with Crippen LogP contribution in [-0.4, -0.2) is 27.3 Å². The molecule has 0 amide bonds. The predicted octanol–water partition coefficient (Wildman–Crippen LogP) is 2.39. The molecule has 0 radical (unpaired) electrons. The fourth-order valence-corrected chi connectivity index (χ4v) is 1.67. The number of carbonyl (C=O) groups is 1. The minimum absolute atomic E-state index is 0.160. The SMILES string of the molecule is Cc1ccc(C(=O)OCC[C@H](C)n2cncn2)cc1. The van der Waals surface area contributed by atoms with Gasteiger partial charge in [-0.25, -0.2) is 9.78 Å². The van der Waals surface area contributed by atoms with Crippen LogP contribution in [0.25, 0.3) is 0 Å². The van der Waals surface area contributed by atoms with Crippen LogP contribution in [0.15, 0.2) is 36.9 Å². The maximum absolute atomic E-state index is 11.8. The van der Waals surface area contributed by atoms with Crippen molar-refractivity contribution in [2.45, 2.75) is 26.3 Å². The number of esters is 1. The van der Waals surface area contributed by atoms with E-state index < -0.39 is 0 Å². The van der Waals surface area contributed by atoms with Crippen molar-refractivity contribution in [3.8, 4) is 0 Å². The van der Waals surface area contributed by atoms with Crippen molar-refractivity contribution in [2.24, 2.45) is 0 Å². The molecule has 0 aliphatic rings. The highest BCUT2D eigenvalue weighted by molar-refractivity contribution is 5.89. The van der Waals surface area contributed by atoms with Crippen molar-refractivity contribution in [2.75, 3.05) is 6.61 Å². The van der Waals surface area contributed by atoms with E-state index in [2.05, 4.69) is 10.1 Å². The van der Waals surface area contributed by atoms with Gasteiger partial charge < -0.3 is 4.74 Å². The van der Waals surface area contributed by atoms with Crippen molar-refractivity contribution < 1.29 is 9.53 Å². The molecule has 0 bridgehead atoms. The second-order valence-electron chi connectivity index (χ2n) is 4.52. The highest BCUT2D eigenvalue weighted by Crippen LogP contribution is 2.09. The molecule has 0 N–H and O–H groups in total. The van der Waals surface area contributed by atoms with E-state index in [1.54, 1.807) is 23.1 Å². The maximum atomic E-state index is 11.8. The van der Waals surface area contributed by atoms with Crippen molar-refractivity contribution in [1.82, 2.24) is 14.8 Å². The number of nitrogens with zero attached hydrogens (tertiary/aromatic N) is 3. The van der Waals surface area contributed by atoms with E-state index in [9.17, 15) is 4.79 Å². The van der Waals surface area contributed by atoms with Gasteiger partial charge in [0.25, 0.3) is 0 Å². The Hall–Kier alpha value is -2.17. The predicted molar refractivity (Wildman–Crippen MR) is 70.8 cm³/mol. The van der Waals surface area contributed by atoms with Gasteiger partial charge in [0, 0.05) is 6.42 Å². The molecule has 0 fully saturated rings. The van der Waals surface area contributed by atoms with Crippen molar-refractivity contribution in [1.29, 1.82) is 0 Å². The molecule has 0 aliphatic heterocycles. The summed E-state index contributed by atoms with van der Waals surface area (Å²) in [4.78, 5) is 15.7. The van der Waals surface area contributed by atoms with E-state index in [4.69, 9.17) is 4.74 Å². The third-order valence-electron chi connectivity index (χ3n) is 2.94. The zero-order valence-corrected chi connectivity index (χ0v) is 11.1. The van der Waals surface area contributed by atoms with E-state index in [1.807, 2.05) is 26.0 Å². The number of aryl methyl sites for hydroxylation is 1. The number of hydrogen-bond donors (Lipinski definition) is 0. The standard InChI is InChI=1S/C14H17N3O2/c1-11-3-5-13(6-4-11)14(18)19-8-7-12(2)17-10-15-9-16-17/h3-6,9-10,12H,7-8H2,1-2H3/t12-/m0/s1. The summed E-state index contributed by atoms with van der Waals surface area (Å²) in [7, 11) is 0.